The number of hydrogen-bond acceptors (Lipinski definition) is 2. The SMILES string of the molecule is CC1(C)CCCC(NCC(=O)NC(C)(C)C)C1. The lowest BCUT2D eigenvalue weighted by molar-refractivity contribution is -0.121. The van der Waals surface area contributed by atoms with Gasteiger partial charge in [-0.3, -0.25) is 4.79 Å². The summed E-state index contributed by atoms with van der Waals surface area (Å²) in [5, 5.41) is 6.37. The molecule has 0 aromatic heterocycles. The van der Waals surface area contributed by atoms with E-state index in [1.165, 1.54) is 25.7 Å². The standard InChI is InChI=1S/C14H28N2O/c1-13(2,3)16-12(17)10-15-11-7-6-8-14(4,5)9-11/h11,15H,6-10H2,1-5H3,(H,16,17). The van der Waals surface area contributed by atoms with Crippen LogP contribution in [0.2, 0.25) is 0 Å². The van der Waals surface area contributed by atoms with Crippen LogP contribution in [0.1, 0.15) is 60.3 Å². The second-order valence-electron chi connectivity index (χ2n) is 7.14. The average Bonchev–Trinajstić information content (AvgIpc) is 2.10. The molecule has 0 aromatic rings. The summed E-state index contributed by atoms with van der Waals surface area (Å²) in [6.07, 6.45) is 4.95. The molecule has 0 aliphatic heterocycles. The second kappa shape index (κ2) is 5.38. The van der Waals surface area contributed by atoms with Crippen LogP contribution in [0.5, 0.6) is 0 Å². The van der Waals surface area contributed by atoms with Crippen molar-refractivity contribution in [3.63, 3.8) is 0 Å². The number of carbonyl (C=O) groups excluding carboxylic acids is 1. The van der Waals surface area contributed by atoms with Gasteiger partial charge in [-0.05, 0) is 45.4 Å². The Morgan fingerprint density at radius 1 is 1.35 bits per heavy atom. The quantitative estimate of drug-likeness (QED) is 0.795. The molecule has 0 radical (unpaired) electrons. The van der Waals surface area contributed by atoms with E-state index >= 15 is 0 Å². The molecule has 1 atom stereocenters. The molecule has 1 unspecified atom stereocenters. The van der Waals surface area contributed by atoms with Crippen molar-refractivity contribution in [2.45, 2.75) is 71.9 Å². The first kappa shape index (κ1) is 14.5. The van der Waals surface area contributed by atoms with E-state index in [1.807, 2.05) is 20.8 Å². The van der Waals surface area contributed by atoms with Crippen LogP contribution in [-0.4, -0.2) is 24.0 Å². The molecule has 0 spiro atoms. The summed E-state index contributed by atoms with van der Waals surface area (Å²) >= 11 is 0. The van der Waals surface area contributed by atoms with Crippen molar-refractivity contribution < 1.29 is 4.79 Å². The minimum Gasteiger partial charge on any atom is -0.350 e. The van der Waals surface area contributed by atoms with Gasteiger partial charge in [0, 0.05) is 11.6 Å². The molecule has 100 valence electrons. The van der Waals surface area contributed by atoms with Gasteiger partial charge in [0.1, 0.15) is 0 Å². The second-order valence-corrected chi connectivity index (χ2v) is 7.14. The summed E-state index contributed by atoms with van der Waals surface area (Å²) in [6.45, 7) is 11.1. The summed E-state index contributed by atoms with van der Waals surface area (Å²) in [7, 11) is 0. The molecule has 3 nitrogen and oxygen atoms in total. The number of carbonyl (C=O) groups is 1. The van der Waals surface area contributed by atoms with Crippen LogP contribution < -0.4 is 10.6 Å². The highest BCUT2D eigenvalue weighted by atomic mass is 16.2. The van der Waals surface area contributed by atoms with E-state index in [1.54, 1.807) is 0 Å². The molecule has 1 amide bonds. The zero-order valence-electron chi connectivity index (χ0n) is 12.0. The monoisotopic (exact) mass is 240 g/mol. The molecule has 0 aromatic carbocycles. The van der Waals surface area contributed by atoms with Crippen LogP contribution in [0.15, 0.2) is 0 Å². The number of amides is 1. The van der Waals surface area contributed by atoms with Crippen molar-refractivity contribution in [3.05, 3.63) is 0 Å². The summed E-state index contributed by atoms with van der Waals surface area (Å²) in [5.41, 5.74) is 0.293. The third kappa shape index (κ3) is 6.06. The van der Waals surface area contributed by atoms with Crippen LogP contribution in [0.3, 0.4) is 0 Å². The maximum Gasteiger partial charge on any atom is 0.234 e. The molecule has 2 N–H and O–H groups in total. The highest BCUT2D eigenvalue weighted by molar-refractivity contribution is 5.78. The van der Waals surface area contributed by atoms with Crippen LogP contribution in [0.4, 0.5) is 0 Å². The smallest absolute Gasteiger partial charge is 0.234 e. The first-order valence-corrected chi connectivity index (χ1v) is 6.72. The Hall–Kier alpha value is -0.570. The molecule has 3 heteroatoms. The van der Waals surface area contributed by atoms with Crippen molar-refractivity contribution >= 4 is 5.91 Å². The van der Waals surface area contributed by atoms with Crippen molar-refractivity contribution in [3.8, 4) is 0 Å². The fourth-order valence-corrected chi connectivity index (χ4v) is 2.57. The molecule has 1 saturated carbocycles. The molecule has 17 heavy (non-hydrogen) atoms. The van der Waals surface area contributed by atoms with Gasteiger partial charge in [-0.1, -0.05) is 20.3 Å². The van der Waals surface area contributed by atoms with Gasteiger partial charge in [-0.15, -0.1) is 0 Å². The third-order valence-corrected chi connectivity index (χ3v) is 3.27. The topological polar surface area (TPSA) is 41.1 Å². The van der Waals surface area contributed by atoms with Crippen LogP contribution in [0, 0.1) is 5.41 Å². The Bertz CT molecular complexity index is 266. The van der Waals surface area contributed by atoms with E-state index in [2.05, 4.69) is 24.5 Å². The number of rotatable bonds is 3. The van der Waals surface area contributed by atoms with E-state index in [9.17, 15) is 4.79 Å². The Labute approximate surface area is 106 Å². The lowest BCUT2D eigenvalue weighted by Crippen LogP contribution is -2.47. The van der Waals surface area contributed by atoms with Gasteiger partial charge in [0.05, 0.1) is 6.54 Å². The summed E-state index contributed by atoms with van der Waals surface area (Å²) < 4.78 is 0. The minimum atomic E-state index is -0.134. The molecule has 1 aliphatic rings. The molecule has 1 rings (SSSR count). The lowest BCUT2D eigenvalue weighted by atomic mass is 9.75. The zero-order valence-corrected chi connectivity index (χ0v) is 12.0. The Morgan fingerprint density at radius 2 is 2.00 bits per heavy atom. The molecular weight excluding hydrogens is 212 g/mol. The first-order chi connectivity index (χ1) is 7.68. The fourth-order valence-electron chi connectivity index (χ4n) is 2.57. The Kier molecular flexibility index (Phi) is 4.59. The van der Waals surface area contributed by atoms with Gasteiger partial charge in [0.2, 0.25) is 5.91 Å². The van der Waals surface area contributed by atoms with Gasteiger partial charge >= 0.3 is 0 Å². The molecule has 0 bridgehead atoms. The number of nitrogens with one attached hydrogen (secondary N) is 2. The average molecular weight is 240 g/mol. The summed E-state index contributed by atoms with van der Waals surface area (Å²) in [4.78, 5) is 11.7. The van der Waals surface area contributed by atoms with E-state index < -0.39 is 0 Å². The van der Waals surface area contributed by atoms with Crippen molar-refractivity contribution in [1.82, 2.24) is 10.6 Å². The highest BCUT2D eigenvalue weighted by Gasteiger charge is 2.28. The third-order valence-electron chi connectivity index (χ3n) is 3.27. The maximum atomic E-state index is 11.7. The van der Waals surface area contributed by atoms with Gasteiger partial charge in [-0.25, -0.2) is 0 Å². The van der Waals surface area contributed by atoms with Gasteiger partial charge in [0.15, 0.2) is 0 Å². The van der Waals surface area contributed by atoms with Crippen LogP contribution >= 0.6 is 0 Å². The molecular formula is C14H28N2O. The lowest BCUT2D eigenvalue weighted by Gasteiger charge is -2.35. The maximum absolute atomic E-state index is 11.7. The fraction of sp³-hybridized carbons (Fsp3) is 0.929. The highest BCUT2D eigenvalue weighted by Crippen LogP contribution is 2.34. The largest absolute Gasteiger partial charge is 0.350 e. The van der Waals surface area contributed by atoms with E-state index in [0.29, 0.717) is 18.0 Å². The van der Waals surface area contributed by atoms with Crippen LogP contribution in [0.25, 0.3) is 0 Å². The predicted molar refractivity (Wildman–Crippen MR) is 71.9 cm³/mol. The van der Waals surface area contributed by atoms with Crippen molar-refractivity contribution in [2.24, 2.45) is 5.41 Å². The summed E-state index contributed by atoms with van der Waals surface area (Å²) in [5.74, 6) is 0.0980. The van der Waals surface area contributed by atoms with Gasteiger partial charge < -0.3 is 10.6 Å². The Balaban J connectivity index is 2.29. The van der Waals surface area contributed by atoms with Gasteiger partial charge in [-0.2, -0.15) is 0 Å². The molecule has 0 saturated heterocycles. The first-order valence-electron chi connectivity index (χ1n) is 6.72. The number of hydrogen-bond donors (Lipinski definition) is 2. The van der Waals surface area contributed by atoms with Crippen molar-refractivity contribution in [1.29, 1.82) is 0 Å². The predicted octanol–water partition coefficient (Wildman–Crippen LogP) is 2.46. The zero-order chi connectivity index (χ0) is 13.1. The normalized spacial score (nSPS) is 24.4. The van der Waals surface area contributed by atoms with E-state index in [4.69, 9.17) is 0 Å². The molecule has 1 fully saturated rings. The molecule has 0 heterocycles. The van der Waals surface area contributed by atoms with Gasteiger partial charge in [0.25, 0.3) is 0 Å². The minimum absolute atomic E-state index is 0.0980. The van der Waals surface area contributed by atoms with Crippen molar-refractivity contribution in [2.75, 3.05) is 6.54 Å². The summed E-state index contributed by atoms with van der Waals surface area (Å²) in [6, 6.07) is 0.504. The molecule has 1 aliphatic carbocycles. The van der Waals surface area contributed by atoms with Crippen LogP contribution in [-0.2, 0) is 4.79 Å². The van der Waals surface area contributed by atoms with E-state index in [0.717, 1.165) is 0 Å². The van der Waals surface area contributed by atoms with E-state index in [-0.39, 0.29) is 11.4 Å². The Morgan fingerprint density at radius 3 is 2.53 bits per heavy atom.